The molecule has 0 radical (unpaired) electrons. The fourth-order valence-corrected chi connectivity index (χ4v) is 6.01. The van der Waals surface area contributed by atoms with Crippen LogP contribution in [0.15, 0.2) is 18.2 Å². The molecule has 0 spiro atoms. The number of hydrogen-bond donors (Lipinski definition) is 2. The first-order valence-electron chi connectivity index (χ1n) is 9.04. The molecule has 3 heteroatoms. The summed E-state index contributed by atoms with van der Waals surface area (Å²) < 4.78 is 5.38. The normalized spacial score (nSPS) is 41.8. The summed E-state index contributed by atoms with van der Waals surface area (Å²) in [6.07, 6.45) is 5.20. The first-order chi connectivity index (χ1) is 11.1. The fraction of sp³-hybridized carbons (Fsp3) is 0.700. The van der Waals surface area contributed by atoms with Gasteiger partial charge in [0.1, 0.15) is 5.75 Å². The second kappa shape index (κ2) is 5.49. The molecule has 0 aliphatic heterocycles. The Morgan fingerprint density at radius 3 is 2.87 bits per heavy atom. The lowest BCUT2D eigenvalue weighted by molar-refractivity contribution is -0.0379. The molecular formula is C20H28O3. The number of aliphatic hydroxyl groups excluding tert-OH is 2. The van der Waals surface area contributed by atoms with Gasteiger partial charge in [-0.3, -0.25) is 0 Å². The topological polar surface area (TPSA) is 49.7 Å². The van der Waals surface area contributed by atoms with E-state index >= 15 is 0 Å². The molecule has 0 saturated heterocycles. The second-order valence-electron chi connectivity index (χ2n) is 8.15. The minimum Gasteiger partial charge on any atom is -0.497 e. The minimum absolute atomic E-state index is 0.00145. The lowest BCUT2D eigenvalue weighted by Gasteiger charge is -2.50. The van der Waals surface area contributed by atoms with E-state index in [1.54, 1.807) is 7.11 Å². The Labute approximate surface area is 138 Å². The summed E-state index contributed by atoms with van der Waals surface area (Å²) in [5.41, 5.74) is 2.95. The quantitative estimate of drug-likeness (QED) is 0.881. The van der Waals surface area contributed by atoms with Gasteiger partial charge >= 0.3 is 0 Å². The highest BCUT2D eigenvalue weighted by Crippen LogP contribution is 2.62. The maximum atomic E-state index is 10.7. The highest BCUT2D eigenvalue weighted by atomic mass is 16.5. The third kappa shape index (κ3) is 2.16. The monoisotopic (exact) mass is 316 g/mol. The molecule has 4 rings (SSSR count). The zero-order valence-corrected chi connectivity index (χ0v) is 14.2. The molecule has 0 aromatic heterocycles. The molecule has 3 nitrogen and oxygen atoms in total. The van der Waals surface area contributed by atoms with Crippen LogP contribution in [0.4, 0.5) is 0 Å². The van der Waals surface area contributed by atoms with E-state index < -0.39 is 0 Å². The molecule has 126 valence electrons. The van der Waals surface area contributed by atoms with Gasteiger partial charge in [0.15, 0.2) is 0 Å². The van der Waals surface area contributed by atoms with Crippen molar-refractivity contribution in [1.82, 2.24) is 0 Å². The Morgan fingerprint density at radius 2 is 2.13 bits per heavy atom. The van der Waals surface area contributed by atoms with Crippen LogP contribution in [0.3, 0.4) is 0 Å². The van der Waals surface area contributed by atoms with E-state index in [0.29, 0.717) is 17.8 Å². The van der Waals surface area contributed by atoms with Gasteiger partial charge in [-0.05, 0) is 78.5 Å². The fourth-order valence-electron chi connectivity index (χ4n) is 6.01. The van der Waals surface area contributed by atoms with Crippen LogP contribution in [0.25, 0.3) is 0 Å². The molecule has 23 heavy (non-hydrogen) atoms. The zero-order valence-electron chi connectivity index (χ0n) is 14.2. The predicted molar refractivity (Wildman–Crippen MR) is 89.6 cm³/mol. The van der Waals surface area contributed by atoms with Crippen LogP contribution < -0.4 is 4.74 Å². The van der Waals surface area contributed by atoms with E-state index in [2.05, 4.69) is 25.1 Å². The molecule has 0 amide bonds. The smallest absolute Gasteiger partial charge is 0.119 e. The molecule has 2 fully saturated rings. The van der Waals surface area contributed by atoms with Crippen molar-refractivity contribution < 1.29 is 14.9 Å². The van der Waals surface area contributed by atoms with Crippen molar-refractivity contribution in [3.05, 3.63) is 29.3 Å². The van der Waals surface area contributed by atoms with Crippen molar-refractivity contribution in [2.45, 2.75) is 51.0 Å². The molecule has 2 saturated carbocycles. The minimum atomic E-state index is -0.337. The van der Waals surface area contributed by atoms with Gasteiger partial charge in [0.25, 0.3) is 0 Å². The van der Waals surface area contributed by atoms with E-state index in [1.165, 1.54) is 17.5 Å². The molecule has 0 bridgehead atoms. The third-order valence-corrected chi connectivity index (χ3v) is 7.28. The summed E-state index contributed by atoms with van der Waals surface area (Å²) in [5, 5.41) is 20.4. The zero-order chi connectivity index (χ0) is 16.2. The molecular weight excluding hydrogens is 288 g/mol. The summed E-state index contributed by atoms with van der Waals surface area (Å²) in [6.45, 7) is 2.39. The van der Waals surface area contributed by atoms with Crippen LogP contribution in [0.1, 0.15) is 49.7 Å². The van der Waals surface area contributed by atoms with Crippen molar-refractivity contribution in [3.63, 3.8) is 0 Å². The Kier molecular flexibility index (Phi) is 3.69. The van der Waals surface area contributed by atoms with E-state index in [1.807, 2.05) is 0 Å². The Morgan fingerprint density at radius 1 is 1.30 bits per heavy atom. The number of aliphatic hydroxyl groups is 2. The van der Waals surface area contributed by atoms with E-state index in [0.717, 1.165) is 31.4 Å². The number of fused-ring (bicyclic) bond motifs is 5. The summed E-state index contributed by atoms with van der Waals surface area (Å²) in [7, 11) is 1.73. The summed E-state index contributed by atoms with van der Waals surface area (Å²) in [4.78, 5) is 0. The van der Waals surface area contributed by atoms with Gasteiger partial charge in [0, 0.05) is 12.5 Å². The van der Waals surface area contributed by atoms with Gasteiger partial charge in [-0.15, -0.1) is 0 Å². The molecule has 1 aromatic carbocycles. The Hall–Kier alpha value is -1.06. The Bertz CT molecular complexity index is 599. The van der Waals surface area contributed by atoms with Gasteiger partial charge in [-0.25, -0.2) is 0 Å². The number of rotatable bonds is 2. The summed E-state index contributed by atoms with van der Waals surface area (Å²) in [5.74, 6) is 2.84. The number of hydrogen-bond acceptors (Lipinski definition) is 3. The van der Waals surface area contributed by atoms with Crippen LogP contribution in [-0.4, -0.2) is 30.0 Å². The van der Waals surface area contributed by atoms with Crippen molar-refractivity contribution in [1.29, 1.82) is 0 Å². The number of methoxy groups -OCH3 is 1. The first-order valence-corrected chi connectivity index (χ1v) is 9.04. The molecule has 3 aliphatic carbocycles. The van der Waals surface area contributed by atoms with Gasteiger partial charge in [-0.1, -0.05) is 13.0 Å². The van der Waals surface area contributed by atoms with Crippen molar-refractivity contribution >= 4 is 0 Å². The van der Waals surface area contributed by atoms with Gasteiger partial charge < -0.3 is 14.9 Å². The average molecular weight is 316 g/mol. The highest BCUT2D eigenvalue weighted by Gasteiger charge is 2.57. The third-order valence-electron chi connectivity index (χ3n) is 7.28. The summed E-state index contributed by atoms with van der Waals surface area (Å²) in [6, 6.07) is 6.57. The van der Waals surface area contributed by atoms with Crippen LogP contribution >= 0.6 is 0 Å². The van der Waals surface area contributed by atoms with Crippen molar-refractivity contribution in [2.24, 2.45) is 23.2 Å². The maximum absolute atomic E-state index is 10.7. The summed E-state index contributed by atoms with van der Waals surface area (Å²) >= 11 is 0. The van der Waals surface area contributed by atoms with E-state index in [4.69, 9.17) is 4.74 Å². The maximum Gasteiger partial charge on any atom is 0.119 e. The van der Waals surface area contributed by atoms with Gasteiger partial charge in [0.05, 0.1) is 13.2 Å². The first kappa shape index (κ1) is 15.5. The molecule has 2 N–H and O–H groups in total. The molecule has 0 unspecified atom stereocenters. The molecule has 0 heterocycles. The van der Waals surface area contributed by atoms with Crippen LogP contribution in [-0.2, 0) is 6.42 Å². The van der Waals surface area contributed by atoms with Crippen LogP contribution in [0, 0.1) is 23.2 Å². The van der Waals surface area contributed by atoms with Crippen LogP contribution in [0.5, 0.6) is 5.75 Å². The molecule has 3 aliphatic rings. The van der Waals surface area contributed by atoms with Crippen LogP contribution in [0.2, 0.25) is 0 Å². The molecule has 1 aromatic rings. The number of benzene rings is 1. The SMILES string of the molecule is COc1ccc2c(c1)CC[C@@H]1[C@@H]2CC[C@@]2(C)[C@@H](O)[C@H](CO)C[C@@H]12. The largest absolute Gasteiger partial charge is 0.497 e. The highest BCUT2D eigenvalue weighted by molar-refractivity contribution is 5.40. The average Bonchev–Trinajstić information content (AvgIpc) is 2.85. The van der Waals surface area contributed by atoms with Gasteiger partial charge in [0.2, 0.25) is 0 Å². The Balaban J connectivity index is 1.67. The number of ether oxygens (including phenoxy) is 1. The second-order valence-corrected chi connectivity index (χ2v) is 8.15. The lowest BCUT2D eigenvalue weighted by Crippen LogP contribution is -2.44. The van der Waals surface area contributed by atoms with E-state index in [-0.39, 0.29) is 24.0 Å². The number of aryl methyl sites for hydroxylation is 1. The lowest BCUT2D eigenvalue weighted by atomic mass is 9.55. The molecule has 6 atom stereocenters. The van der Waals surface area contributed by atoms with Crippen molar-refractivity contribution in [3.8, 4) is 5.75 Å². The van der Waals surface area contributed by atoms with Gasteiger partial charge in [-0.2, -0.15) is 0 Å². The van der Waals surface area contributed by atoms with Crippen molar-refractivity contribution in [2.75, 3.05) is 13.7 Å². The van der Waals surface area contributed by atoms with E-state index in [9.17, 15) is 10.2 Å². The predicted octanol–water partition coefficient (Wildman–Crippen LogP) is 3.13. The standard InChI is InChI=1S/C20H28O3/c1-20-8-7-16-15-6-4-14(23-2)9-12(15)3-5-17(16)18(20)10-13(11-21)19(20)22/h4,6,9,13,16-19,21-22H,3,5,7-8,10-11H2,1-2H3/t13-,16+,17+,18-,19-,20+/m0/s1.